The van der Waals surface area contributed by atoms with Gasteiger partial charge in [0.05, 0.1) is 16.8 Å². The van der Waals surface area contributed by atoms with Crippen molar-refractivity contribution in [3.05, 3.63) is 40.0 Å². The van der Waals surface area contributed by atoms with Crippen LogP contribution in [-0.2, 0) is 10.0 Å². The summed E-state index contributed by atoms with van der Waals surface area (Å²) in [7, 11) is -3.75. The first-order valence-electron chi connectivity index (χ1n) is 6.00. The van der Waals surface area contributed by atoms with Gasteiger partial charge in [0.2, 0.25) is 0 Å². The topological polar surface area (TPSA) is 96.4 Å². The zero-order chi connectivity index (χ0) is 15.8. The van der Waals surface area contributed by atoms with E-state index in [1.54, 1.807) is 26.8 Å². The van der Waals surface area contributed by atoms with Crippen LogP contribution in [0.25, 0.3) is 0 Å². The smallest absolute Gasteiger partial charge is 0.336 e. The number of carboxylic acid groups (broad SMARTS) is 1. The Morgan fingerprint density at radius 1 is 1.29 bits per heavy atom. The van der Waals surface area contributed by atoms with Crippen molar-refractivity contribution in [2.45, 2.75) is 25.0 Å². The van der Waals surface area contributed by atoms with Crippen LogP contribution in [-0.4, -0.2) is 24.5 Å². The first-order valence-corrected chi connectivity index (χ1v) is 8.30. The number of nitrogens with zero attached hydrogens (tertiary/aromatic N) is 1. The zero-order valence-electron chi connectivity index (χ0n) is 11.7. The molecule has 0 aliphatic carbocycles. The lowest BCUT2D eigenvalue weighted by molar-refractivity contribution is 0.0696. The van der Waals surface area contributed by atoms with Crippen LogP contribution in [0.4, 0.5) is 5.69 Å². The molecule has 0 radical (unpaired) electrons. The number of aromatic nitrogens is 1. The Bertz CT molecular complexity index is 810. The highest BCUT2D eigenvalue weighted by Gasteiger charge is 2.19. The summed E-state index contributed by atoms with van der Waals surface area (Å²) in [4.78, 5) is 15.1. The highest BCUT2D eigenvalue weighted by atomic mass is 32.2. The minimum absolute atomic E-state index is 0.0770. The predicted molar refractivity (Wildman–Crippen MR) is 80.5 cm³/mol. The standard InChI is InChI=1S/C13H14N2O4S2/c1-7-4-10(5-11(8(7)2)13(16)17)15-21(18,19)12-6-14-9(3)20-12/h4-6,15H,1-3H3,(H,16,17). The molecule has 0 saturated carbocycles. The van der Waals surface area contributed by atoms with Crippen molar-refractivity contribution in [1.82, 2.24) is 4.98 Å². The molecule has 0 atom stereocenters. The molecule has 0 unspecified atom stereocenters. The summed E-state index contributed by atoms with van der Waals surface area (Å²) in [6.45, 7) is 5.13. The maximum Gasteiger partial charge on any atom is 0.336 e. The molecule has 0 aliphatic heterocycles. The molecule has 2 N–H and O–H groups in total. The van der Waals surface area contributed by atoms with Gasteiger partial charge in [-0.05, 0) is 44.0 Å². The molecule has 0 aliphatic rings. The number of carbonyl (C=O) groups is 1. The SMILES string of the molecule is Cc1ncc(S(=O)(=O)Nc2cc(C)c(C)c(C(=O)O)c2)s1. The van der Waals surface area contributed by atoms with E-state index < -0.39 is 16.0 Å². The van der Waals surface area contributed by atoms with Crippen molar-refractivity contribution >= 4 is 33.0 Å². The Morgan fingerprint density at radius 3 is 2.48 bits per heavy atom. The third kappa shape index (κ3) is 3.22. The summed E-state index contributed by atoms with van der Waals surface area (Å²) in [5, 5.41) is 9.79. The number of nitrogens with one attached hydrogen (secondary N) is 1. The first-order chi connectivity index (χ1) is 9.70. The average Bonchev–Trinajstić information content (AvgIpc) is 2.80. The quantitative estimate of drug-likeness (QED) is 0.900. The van der Waals surface area contributed by atoms with Gasteiger partial charge in [-0.1, -0.05) is 0 Å². The lowest BCUT2D eigenvalue weighted by Crippen LogP contribution is -2.13. The van der Waals surface area contributed by atoms with E-state index in [-0.39, 0.29) is 15.5 Å². The number of rotatable bonds is 4. The highest BCUT2D eigenvalue weighted by Crippen LogP contribution is 2.25. The van der Waals surface area contributed by atoms with E-state index in [1.165, 1.54) is 12.3 Å². The first kappa shape index (κ1) is 15.5. The molecule has 0 spiro atoms. The molecule has 21 heavy (non-hydrogen) atoms. The molecule has 1 aromatic heterocycles. The van der Waals surface area contributed by atoms with Crippen LogP contribution in [0.15, 0.2) is 22.5 Å². The maximum atomic E-state index is 12.2. The van der Waals surface area contributed by atoms with Gasteiger partial charge < -0.3 is 5.11 Å². The molecule has 6 nitrogen and oxygen atoms in total. The highest BCUT2D eigenvalue weighted by molar-refractivity contribution is 7.94. The van der Waals surface area contributed by atoms with Gasteiger partial charge in [0.25, 0.3) is 10.0 Å². The normalized spacial score (nSPS) is 11.4. The maximum absolute atomic E-state index is 12.2. The summed E-state index contributed by atoms with van der Waals surface area (Å²) in [5.74, 6) is -1.09. The average molecular weight is 326 g/mol. The Hall–Kier alpha value is -1.93. The van der Waals surface area contributed by atoms with Crippen molar-refractivity contribution in [2.75, 3.05) is 4.72 Å². The minimum Gasteiger partial charge on any atom is -0.478 e. The lowest BCUT2D eigenvalue weighted by atomic mass is 10.0. The van der Waals surface area contributed by atoms with E-state index in [9.17, 15) is 13.2 Å². The van der Waals surface area contributed by atoms with Gasteiger partial charge >= 0.3 is 5.97 Å². The second-order valence-corrected chi connectivity index (χ2v) is 7.72. The molecule has 2 aromatic rings. The second kappa shape index (κ2) is 5.45. The van der Waals surface area contributed by atoms with Crippen molar-refractivity contribution in [3.63, 3.8) is 0 Å². The minimum atomic E-state index is -3.75. The fourth-order valence-electron chi connectivity index (χ4n) is 1.81. The molecule has 8 heteroatoms. The van der Waals surface area contributed by atoms with E-state index >= 15 is 0 Å². The molecule has 1 aromatic carbocycles. The van der Waals surface area contributed by atoms with Crippen LogP contribution >= 0.6 is 11.3 Å². The van der Waals surface area contributed by atoms with Crippen LogP contribution in [0, 0.1) is 20.8 Å². The van der Waals surface area contributed by atoms with Crippen LogP contribution < -0.4 is 4.72 Å². The fourth-order valence-corrected chi connectivity index (χ4v) is 3.96. The Labute approximate surface area is 126 Å². The summed E-state index contributed by atoms with van der Waals surface area (Å²) in [6.07, 6.45) is 1.28. The van der Waals surface area contributed by atoms with Crippen molar-refractivity contribution in [2.24, 2.45) is 0 Å². The van der Waals surface area contributed by atoms with E-state index in [2.05, 4.69) is 9.71 Å². The van der Waals surface area contributed by atoms with Gasteiger partial charge in [-0.2, -0.15) is 0 Å². The number of aryl methyl sites for hydroxylation is 2. The summed E-state index contributed by atoms with van der Waals surface area (Å²) < 4.78 is 26.9. The summed E-state index contributed by atoms with van der Waals surface area (Å²) >= 11 is 1.05. The number of sulfonamides is 1. The molecular weight excluding hydrogens is 312 g/mol. The van der Waals surface area contributed by atoms with E-state index in [4.69, 9.17) is 5.11 Å². The van der Waals surface area contributed by atoms with E-state index in [0.29, 0.717) is 16.1 Å². The van der Waals surface area contributed by atoms with Crippen LogP contribution in [0.5, 0.6) is 0 Å². The van der Waals surface area contributed by atoms with E-state index in [1.807, 2.05) is 0 Å². The zero-order valence-corrected chi connectivity index (χ0v) is 13.3. The second-order valence-electron chi connectivity index (χ2n) is 4.57. The molecule has 2 rings (SSSR count). The summed E-state index contributed by atoms with van der Waals surface area (Å²) in [5.41, 5.74) is 1.61. The Kier molecular flexibility index (Phi) is 4.02. The molecule has 112 valence electrons. The molecular formula is C13H14N2O4S2. The number of thiazole rings is 1. The van der Waals surface area contributed by atoms with E-state index in [0.717, 1.165) is 11.3 Å². The van der Waals surface area contributed by atoms with Crippen molar-refractivity contribution in [1.29, 1.82) is 0 Å². The number of aromatic carboxylic acids is 1. The third-order valence-corrected chi connectivity index (χ3v) is 5.77. The molecule has 0 amide bonds. The largest absolute Gasteiger partial charge is 0.478 e. The van der Waals surface area contributed by atoms with Gasteiger partial charge in [-0.25, -0.2) is 18.2 Å². The number of benzene rings is 1. The van der Waals surface area contributed by atoms with Gasteiger partial charge in [0.15, 0.2) is 4.21 Å². The Balaban J connectivity index is 2.42. The number of carboxylic acids is 1. The van der Waals surface area contributed by atoms with Crippen LogP contribution in [0.2, 0.25) is 0 Å². The van der Waals surface area contributed by atoms with Crippen LogP contribution in [0.3, 0.4) is 0 Å². The van der Waals surface area contributed by atoms with Gasteiger partial charge in [0.1, 0.15) is 0 Å². The Morgan fingerprint density at radius 2 is 1.95 bits per heavy atom. The van der Waals surface area contributed by atoms with Gasteiger partial charge in [-0.3, -0.25) is 4.72 Å². The van der Waals surface area contributed by atoms with Crippen molar-refractivity contribution < 1.29 is 18.3 Å². The number of anilines is 1. The molecule has 1 heterocycles. The van der Waals surface area contributed by atoms with Gasteiger partial charge in [0, 0.05) is 5.69 Å². The fraction of sp³-hybridized carbons (Fsp3) is 0.231. The number of hydrogen-bond acceptors (Lipinski definition) is 5. The predicted octanol–water partition coefficient (Wildman–Crippen LogP) is 2.57. The molecule has 0 saturated heterocycles. The van der Waals surface area contributed by atoms with Crippen molar-refractivity contribution in [3.8, 4) is 0 Å². The van der Waals surface area contributed by atoms with Gasteiger partial charge in [-0.15, -0.1) is 11.3 Å². The summed E-state index contributed by atoms with van der Waals surface area (Å²) in [6, 6.07) is 2.92. The van der Waals surface area contributed by atoms with Crippen LogP contribution in [0.1, 0.15) is 26.5 Å². The molecule has 0 fully saturated rings. The number of hydrogen-bond donors (Lipinski definition) is 2. The third-order valence-electron chi connectivity index (χ3n) is 3.01. The monoisotopic (exact) mass is 326 g/mol. The molecule has 0 bridgehead atoms. The lowest BCUT2D eigenvalue weighted by Gasteiger charge is -2.11.